The fourth-order valence-electron chi connectivity index (χ4n) is 1.19. The SMILES string of the molecule is COCC(O)CN(C)C(=O)[C@@H](N)C(C)C. The molecule has 0 aromatic carbocycles. The second-order valence-corrected chi connectivity index (χ2v) is 4.10. The van der Waals surface area contributed by atoms with E-state index in [0.29, 0.717) is 0 Å². The number of likely N-dealkylation sites (N-methyl/N-ethyl adjacent to an activating group) is 1. The Hall–Kier alpha value is -0.650. The topological polar surface area (TPSA) is 75.8 Å². The van der Waals surface area contributed by atoms with Gasteiger partial charge in [0, 0.05) is 20.7 Å². The molecule has 0 fully saturated rings. The number of aliphatic hydroxyl groups is 1. The van der Waals surface area contributed by atoms with E-state index >= 15 is 0 Å². The molecule has 0 aromatic rings. The number of carbonyl (C=O) groups excluding carboxylic acids is 1. The second kappa shape index (κ2) is 6.76. The predicted molar refractivity (Wildman–Crippen MR) is 58.3 cm³/mol. The van der Waals surface area contributed by atoms with Crippen LogP contribution in [0.25, 0.3) is 0 Å². The van der Waals surface area contributed by atoms with Crippen molar-refractivity contribution in [1.82, 2.24) is 4.90 Å². The summed E-state index contributed by atoms with van der Waals surface area (Å²) in [6, 6.07) is -0.509. The fourth-order valence-corrected chi connectivity index (χ4v) is 1.19. The van der Waals surface area contributed by atoms with Crippen LogP contribution in [0.3, 0.4) is 0 Å². The lowest BCUT2D eigenvalue weighted by Crippen LogP contribution is -2.47. The van der Waals surface area contributed by atoms with Crippen LogP contribution in [0.15, 0.2) is 0 Å². The molecule has 3 N–H and O–H groups in total. The highest BCUT2D eigenvalue weighted by Crippen LogP contribution is 2.02. The first-order valence-electron chi connectivity index (χ1n) is 5.07. The molecule has 0 spiro atoms. The zero-order valence-corrected chi connectivity index (χ0v) is 9.93. The minimum Gasteiger partial charge on any atom is -0.389 e. The van der Waals surface area contributed by atoms with Crippen LogP contribution in [0.5, 0.6) is 0 Å². The number of hydrogen-bond donors (Lipinski definition) is 2. The van der Waals surface area contributed by atoms with Crippen LogP contribution < -0.4 is 5.73 Å². The average molecular weight is 218 g/mol. The van der Waals surface area contributed by atoms with E-state index in [2.05, 4.69) is 0 Å². The Morgan fingerprint density at radius 2 is 2.07 bits per heavy atom. The Morgan fingerprint density at radius 3 is 2.47 bits per heavy atom. The zero-order chi connectivity index (χ0) is 12.0. The first kappa shape index (κ1) is 14.3. The third-order valence-corrected chi connectivity index (χ3v) is 2.22. The highest BCUT2D eigenvalue weighted by molar-refractivity contribution is 5.81. The summed E-state index contributed by atoms with van der Waals surface area (Å²) in [5.41, 5.74) is 5.71. The molecule has 0 aliphatic rings. The molecule has 15 heavy (non-hydrogen) atoms. The third-order valence-electron chi connectivity index (χ3n) is 2.22. The maximum atomic E-state index is 11.7. The van der Waals surface area contributed by atoms with Gasteiger partial charge in [0.15, 0.2) is 0 Å². The summed E-state index contributed by atoms with van der Waals surface area (Å²) in [5, 5.41) is 9.43. The van der Waals surface area contributed by atoms with Gasteiger partial charge in [-0.3, -0.25) is 4.79 Å². The van der Waals surface area contributed by atoms with Gasteiger partial charge in [-0.05, 0) is 5.92 Å². The van der Waals surface area contributed by atoms with Crippen molar-refractivity contribution >= 4 is 5.91 Å². The van der Waals surface area contributed by atoms with Gasteiger partial charge in [-0.1, -0.05) is 13.8 Å². The maximum Gasteiger partial charge on any atom is 0.239 e. The quantitative estimate of drug-likeness (QED) is 0.626. The molecule has 0 bridgehead atoms. The van der Waals surface area contributed by atoms with Crippen molar-refractivity contribution in [3.8, 4) is 0 Å². The lowest BCUT2D eigenvalue weighted by molar-refractivity contribution is -0.133. The van der Waals surface area contributed by atoms with Gasteiger partial charge in [0.05, 0.1) is 18.8 Å². The molecule has 0 saturated heterocycles. The van der Waals surface area contributed by atoms with Crippen molar-refractivity contribution in [3.05, 3.63) is 0 Å². The van der Waals surface area contributed by atoms with Crippen LogP contribution in [-0.2, 0) is 9.53 Å². The van der Waals surface area contributed by atoms with Crippen molar-refractivity contribution in [2.45, 2.75) is 26.0 Å². The monoisotopic (exact) mass is 218 g/mol. The smallest absolute Gasteiger partial charge is 0.239 e. The van der Waals surface area contributed by atoms with E-state index in [9.17, 15) is 9.90 Å². The van der Waals surface area contributed by atoms with Crippen molar-refractivity contribution in [3.63, 3.8) is 0 Å². The molecular weight excluding hydrogens is 196 g/mol. The van der Waals surface area contributed by atoms with Crippen LogP contribution >= 0.6 is 0 Å². The normalized spacial score (nSPS) is 15.1. The van der Waals surface area contributed by atoms with E-state index in [0.717, 1.165) is 0 Å². The number of nitrogens with two attached hydrogens (primary N) is 1. The zero-order valence-electron chi connectivity index (χ0n) is 9.93. The third kappa shape index (κ3) is 5.11. The number of methoxy groups -OCH3 is 1. The lowest BCUT2D eigenvalue weighted by Gasteiger charge is -2.25. The number of ether oxygens (including phenoxy) is 1. The molecule has 1 amide bonds. The molecule has 0 aliphatic carbocycles. The van der Waals surface area contributed by atoms with Crippen LogP contribution in [0.4, 0.5) is 0 Å². The summed E-state index contributed by atoms with van der Waals surface area (Å²) in [4.78, 5) is 13.1. The fraction of sp³-hybridized carbons (Fsp3) is 0.900. The van der Waals surface area contributed by atoms with Gasteiger partial charge in [0.25, 0.3) is 0 Å². The first-order valence-corrected chi connectivity index (χ1v) is 5.07. The van der Waals surface area contributed by atoms with Crippen LogP contribution in [-0.4, -0.2) is 55.4 Å². The molecule has 0 heterocycles. The molecule has 90 valence electrons. The number of nitrogens with zero attached hydrogens (tertiary/aromatic N) is 1. The Morgan fingerprint density at radius 1 is 1.53 bits per heavy atom. The molecule has 2 atom stereocenters. The van der Waals surface area contributed by atoms with E-state index in [1.54, 1.807) is 7.05 Å². The standard InChI is InChI=1S/C10H22N2O3/c1-7(2)9(11)10(14)12(3)5-8(13)6-15-4/h7-9,13H,5-6,11H2,1-4H3/t8?,9-/m0/s1. The minimum absolute atomic E-state index is 0.0968. The van der Waals surface area contributed by atoms with Gasteiger partial charge in [-0.25, -0.2) is 0 Å². The van der Waals surface area contributed by atoms with Crippen molar-refractivity contribution in [1.29, 1.82) is 0 Å². The van der Waals surface area contributed by atoms with Gasteiger partial charge < -0.3 is 20.5 Å². The summed E-state index contributed by atoms with van der Waals surface area (Å²) >= 11 is 0. The molecule has 5 nitrogen and oxygen atoms in total. The summed E-state index contributed by atoms with van der Waals surface area (Å²) in [6.07, 6.45) is -0.664. The molecule has 0 rings (SSSR count). The molecular formula is C10H22N2O3. The predicted octanol–water partition coefficient (Wildman–Crippen LogP) is -0.565. The van der Waals surface area contributed by atoms with Crippen LogP contribution in [0.1, 0.15) is 13.8 Å². The van der Waals surface area contributed by atoms with Crippen molar-refractivity contribution in [2.75, 3.05) is 27.3 Å². The molecule has 0 radical (unpaired) electrons. The van der Waals surface area contributed by atoms with Gasteiger partial charge in [-0.15, -0.1) is 0 Å². The Balaban J connectivity index is 4.09. The van der Waals surface area contributed by atoms with E-state index < -0.39 is 12.1 Å². The largest absolute Gasteiger partial charge is 0.389 e. The molecule has 0 aromatic heterocycles. The summed E-state index contributed by atoms with van der Waals surface area (Å²) < 4.78 is 4.77. The van der Waals surface area contributed by atoms with E-state index in [1.165, 1.54) is 12.0 Å². The van der Waals surface area contributed by atoms with E-state index in [1.807, 2.05) is 13.8 Å². The Labute approximate surface area is 91.2 Å². The number of hydrogen-bond acceptors (Lipinski definition) is 4. The molecule has 5 heteroatoms. The second-order valence-electron chi connectivity index (χ2n) is 4.10. The minimum atomic E-state index is -0.664. The maximum absolute atomic E-state index is 11.7. The summed E-state index contributed by atoms with van der Waals surface area (Å²) in [5.74, 6) is -0.0559. The molecule has 1 unspecified atom stereocenters. The molecule has 0 aliphatic heterocycles. The van der Waals surface area contributed by atoms with E-state index in [-0.39, 0.29) is 25.0 Å². The number of aliphatic hydroxyl groups excluding tert-OH is 1. The molecule has 0 saturated carbocycles. The van der Waals surface area contributed by atoms with Gasteiger partial charge in [0.2, 0.25) is 5.91 Å². The van der Waals surface area contributed by atoms with Gasteiger partial charge in [-0.2, -0.15) is 0 Å². The van der Waals surface area contributed by atoms with Gasteiger partial charge in [0.1, 0.15) is 0 Å². The average Bonchev–Trinajstić information content (AvgIpc) is 2.15. The van der Waals surface area contributed by atoms with Crippen molar-refractivity contribution < 1.29 is 14.6 Å². The first-order chi connectivity index (χ1) is 6.90. The van der Waals surface area contributed by atoms with Crippen LogP contribution in [0.2, 0.25) is 0 Å². The summed E-state index contributed by atoms with van der Waals surface area (Å²) in [6.45, 7) is 4.24. The summed E-state index contributed by atoms with van der Waals surface area (Å²) in [7, 11) is 3.13. The number of rotatable bonds is 6. The highest BCUT2D eigenvalue weighted by atomic mass is 16.5. The van der Waals surface area contributed by atoms with E-state index in [4.69, 9.17) is 10.5 Å². The van der Waals surface area contributed by atoms with Crippen molar-refractivity contribution in [2.24, 2.45) is 11.7 Å². The number of carbonyl (C=O) groups is 1. The Bertz CT molecular complexity index is 197. The highest BCUT2D eigenvalue weighted by Gasteiger charge is 2.22. The van der Waals surface area contributed by atoms with Crippen LogP contribution in [0, 0.1) is 5.92 Å². The Kier molecular flexibility index (Phi) is 6.47. The lowest BCUT2D eigenvalue weighted by atomic mass is 10.0. The van der Waals surface area contributed by atoms with Gasteiger partial charge >= 0.3 is 0 Å². The number of amides is 1.